The second kappa shape index (κ2) is 4.14. The van der Waals surface area contributed by atoms with Crippen LogP contribution < -0.4 is 5.73 Å². The minimum absolute atomic E-state index is 0.633. The number of nitrogens with two attached hydrogens (primary N) is 1. The fourth-order valence-corrected chi connectivity index (χ4v) is 1.99. The zero-order valence-electron chi connectivity index (χ0n) is 10.1. The van der Waals surface area contributed by atoms with E-state index in [-0.39, 0.29) is 0 Å². The van der Waals surface area contributed by atoms with E-state index in [4.69, 9.17) is 10.2 Å². The highest BCUT2D eigenvalue weighted by Crippen LogP contribution is 2.28. The molecule has 0 radical (unpaired) electrons. The van der Waals surface area contributed by atoms with E-state index < -0.39 is 0 Å². The smallest absolute Gasteiger partial charge is 0.163 e. The Morgan fingerprint density at radius 3 is 2.94 bits per heavy atom. The Morgan fingerprint density at radius 1 is 1.28 bits per heavy atom. The van der Waals surface area contributed by atoms with E-state index in [1.54, 1.807) is 12.5 Å². The first-order valence-electron chi connectivity index (χ1n) is 5.87. The van der Waals surface area contributed by atoms with Crippen molar-refractivity contribution in [1.82, 2.24) is 9.97 Å². The Labute approximate surface area is 104 Å². The molecule has 0 aliphatic rings. The Balaban J connectivity index is 2.20. The van der Waals surface area contributed by atoms with Gasteiger partial charge in [0.25, 0.3) is 0 Å². The lowest BCUT2D eigenvalue weighted by Crippen LogP contribution is -2.00. The molecule has 0 amide bonds. The molecule has 3 rings (SSSR count). The Morgan fingerprint density at radius 2 is 2.11 bits per heavy atom. The van der Waals surface area contributed by atoms with E-state index in [0.29, 0.717) is 11.5 Å². The lowest BCUT2D eigenvalue weighted by molar-refractivity contribution is 0.616. The maximum atomic E-state index is 5.82. The van der Waals surface area contributed by atoms with Gasteiger partial charge in [-0.3, -0.25) is 0 Å². The van der Waals surface area contributed by atoms with Crippen LogP contribution in [0.5, 0.6) is 0 Å². The van der Waals surface area contributed by atoms with E-state index in [1.807, 2.05) is 31.2 Å². The van der Waals surface area contributed by atoms with Crippen LogP contribution in [0, 0.1) is 0 Å². The van der Waals surface area contributed by atoms with Crippen LogP contribution in [0.3, 0.4) is 0 Å². The number of benzene rings is 1. The molecule has 1 aromatic carbocycles. The number of fused-ring (bicyclic) bond motifs is 1. The molecule has 0 fully saturated rings. The van der Waals surface area contributed by atoms with Crippen molar-refractivity contribution < 1.29 is 4.42 Å². The third-order valence-electron chi connectivity index (χ3n) is 2.96. The highest BCUT2D eigenvalue weighted by Gasteiger charge is 2.11. The average Bonchev–Trinajstić information content (AvgIpc) is 2.83. The Hall–Kier alpha value is -2.36. The molecule has 0 saturated carbocycles. The van der Waals surface area contributed by atoms with Gasteiger partial charge >= 0.3 is 0 Å². The van der Waals surface area contributed by atoms with Gasteiger partial charge in [-0.2, -0.15) is 0 Å². The summed E-state index contributed by atoms with van der Waals surface area (Å²) in [7, 11) is 0. The van der Waals surface area contributed by atoms with Crippen LogP contribution in [0.15, 0.2) is 41.1 Å². The Kier molecular flexibility index (Phi) is 2.48. The molecule has 2 N–H and O–H groups in total. The summed E-state index contributed by atoms with van der Waals surface area (Å²) in [6.45, 7) is 2.02. The molecule has 0 saturated heterocycles. The predicted octanol–water partition coefficient (Wildman–Crippen LogP) is 3.03. The fraction of sp³-hybridized carbons (Fsp3) is 0.143. The predicted molar refractivity (Wildman–Crippen MR) is 71.0 cm³/mol. The number of hydrogen-bond donors (Lipinski definition) is 1. The van der Waals surface area contributed by atoms with Gasteiger partial charge in [0, 0.05) is 5.39 Å². The number of furan rings is 1. The van der Waals surface area contributed by atoms with Crippen LogP contribution in [0.25, 0.3) is 22.4 Å². The highest BCUT2D eigenvalue weighted by molar-refractivity contribution is 5.91. The van der Waals surface area contributed by atoms with Crippen LogP contribution in [-0.4, -0.2) is 9.97 Å². The highest BCUT2D eigenvalue weighted by atomic mass is 16.3. The molecule has 2 aromatic heterocycles. The minimum Gasteiger partial charge on any atom is -0.464 e. The second-order valence-electron chi connectivity index (χ2n) is 4.09. The lowest BCUT2D eigenvalue weighted by atomic mass is 10.1. The largest absolute Gasteiger partial charge is 0.464 e. The molecule has 2 heterocycles. The summed E-state index contributed by atoms with van der Waals surface area (Å²) in [6.07, 6.45) is 4.13. The topological polar surface area (TPSA) is 64.9 Å². The molecule has 4 nitrogen and oxygen atoms in total. The normalized spacial score (nSPS) is 10.9. The number of aromatic nitrogens is 2. The van der Waals surface area contributed by atoms with Crippen LogP contribution in [0.4, 0.5) is 5.69 Å². The second-order valence-corrected chi connectivity index (χ2v) is 4.09. The summed E-state index contributed by atoms with van der Waals surface area (Å²) in [5.41, 5.74) is 9.06. The van der Waals surface area contributed by atoms with Gasteiger partial charge in [-0.25, -0.2) is 9.97 Å². The van der Waals surface area contributed by atoms with Crippen molar-refractivity contribution in [1.29, 1.82) is 0 Å². The number of nitrogens with zero attached hydrogens (tertiary/aromatic N) is 2. The van der Waals surface area contributed by atoms with Crippen molar-refractivity contribution in [3.8, 4) is 11.4 Å². The average molecular weight is 239 g/mol. The summed E-state index contributed by atoms with van der Waals surface area (Å²) < 4.78 is 5.50. The quantitative estimate of drug-likeness (QED) is 0.746. The molecule has 0 bridgehead atoms. The van der Waals surface area contributed by atoms with Crippen LogP contribution in [-0.2, 0) is 6.42 Å². The zero-order chi connectivity index (χ0) is 12.5. The number of aryl methyl sites for hydroxylation is 1. The molecule has 0 spiro atoms. The number of rotatable bonds is 2. The number of para-hydroxylation sites is 1. The van der Waals surface area contributed by atoms with Crippen molar-refractivity contribution >= 4 is 16.7 Å². The van der Waals surface area contributed by atoms with Crippen LogP contribution in [0.2, 0.25) is 0 Å². The molecule has 4 heteroatoms. The van der Waals surface area contributed by atoms with Crippen molar-refractivity contribution in [3.05, 3.63) is 42.4 Å². The van der Waals surface area contributed by atoms with Crippen LogP contribution in [0.1, 0.15) is 12.6 Å². The van der Waals surface area contributed by atoms with E-state index in [0.717, 1.165) is 28.6 Å². The van der Waals surface area contributed by atoms with Gasteiger partial charge in [0.05, 0.1) is 23.1 Å². The van der Waals surface area contributed by atoms with E-state index >= 15 is 0 Å². The van der Waals surface area contributed by atoms with Crippen molar-refractivity contribution in [2.75, 3.05) is 5.73 Å². The molecule has 0 unspecified atom stereocenters. The van der Waals surface area contributed by atoms with Gasteiger partial charge in [-0.1, -0.05) is 25.1 Å². The fourth-order valence-electron chi connectivity index (χ4n) is 1.99. The summed E-state index contributed by atoms with van der Waals surface area (Å²) in [5, 5.41) is 1.02. The summed E-state index contributed by atoms with van der Waals surface area (Å²) in [4.78, 5) is 8.77. The third-order valence-corrected chi connectivity index (χ3v) is 2.96. The van der Waals surface area contributed by atoms with Crippen molar-refractivity contribution in [2.24, 2.45) is 0 Å². The maximum Gasteiger partial charge on any atom is 0.163 e. The molecular weight excluding hydrogens is 226 g/mol. The monoisotopic (exact) mass is 239 g/mol. The molecular formula is C14H13N3O. The Bertz CT molecular complexity index is 703. The van der Waals surface area contributed by atoms with Gasteiger partial charge in [-0.05, 0) is 12.5 Å². The number of anilines is 1. The minimum atomic E-state index is 0.633. The van der Waals surface area contributed by atoms with Gasteiger partial charge in [0.1, 0.15) is 11.8 Å². The van der Waals surface area contributed by atoms with Gasteiger partial charge in [0.15, 0.2) is 5.82 Å². The van der Waals surface area contributed by atoms with Gasteiger partial charge in [-0.15, -0.1) is 0 Å². The van der Waals surface area contributed by atoms with Gasteiger partial charge < -0.3 is 10.2 Å². The number of nitrogen functional groups attached to an aromatic ring is 1. The van der Waals surface area contributed by atoms with E-state index in [9.17, 15) is 0 Å². The van der Waals surface area contributed by atoms with Crippen molar-refractivity contribution in [3.63, 3.8) is 0 Å². The molecule has 0 aliphatic heterocycles. The molecule has 3 aromatic rings. The molecule has 0 aliphatic carbocycles. The summed E-state index contributed by atoms with van der Waals surface area (Å²) in [6, 6.07) is 7.84. The molecule has 90 valence electrons. The number of hydrogen-bond acceptors (Lipinski definition) is 4. The standard InChI is InChI=1S/C14H13N3O/c1-2-12-11(15)7-16-14(17-12)10-8-18-13-6-4-3-5-9(10)13/h3-8H,2,15H2,1H3. The first-order valence-corrected chi connectivity index (χ1v) is 5.87. The third kappa shape index (κ3) is 1.62. The van der Waals surface area contributed by atoms with Crippen molar-refractivity contribution in [2.45, 2.75) is 13.3 Å². The van der Waals surface area contributed by atoms with Crippen LogP contribution >= 0.6 is 0 Å². The zero-order valence-corrected chi connectivity index (χ0v) is 10.1. The molecule has 0 atom stereocenters. The summed E-state index contributed by atoms with van der Waals surface area (Å²) in [5.74, 6) is 0.658. The lowest BCUT2D eigenvalue weighted by Gasteiger charge is -2.03. The maximum absolute atomic E-state index is 5.82. The summed E-state index contributed by atoms with van der Waals surface area (Å²) >= 11 is 0. The SMILES string of the molecule is CCc1nc(-c2coc3ccccc23)ncc1N. The first kappa shape index (κ1) is 10.8. The van der Waals surface area contributed by atoms with Gasteiger partial charge in [0.2, 0.25) is 0 Å². The van der Waals surface area contributed by atoms with E-state index in [2.05, 4.69) is 9.97 Å². The van der Waals surface area contributed by atoms with E-state index in [1.165, 1.54) is 0 Å². The first-order chi connectivity index (χ1) is 8.79. The molecule has 18 heavy (non-hydrogen) atoms.